The number of nitrogens with zero attached hydrogens (tertiary/aromatic N) is 1. The van der Waals surface area contributed by atoms with Gasteiger partial charge in [-0.05, 0) is 24.3 Å². The number of nitrogens with one attached hydrogen (secondary N) is 1. The molecule has 1 aromatic rings. The number of morpholine rings is 1. The minimum absolute atomic E-state index is 0.0133. The van der Waals surface area contributed by atoms with Gasteiger partial charge in [0.25, 0.3) is 0 Å². The summed E-state index contributed by atoms with van der Waals surface area (Å²) in [5.74, 6) is 0. The molecule has 10 heteroatoms. The van der Waals surface area contributed by atoms with Gasteiger partial charge in [-0.1, -0.05) is 11.6 Å². The van der Waals surface area contributed by atoms with Crippen molar-refractivity contribution in [3.05, 3.63) is 29.3 Å². The average molecular weight is 407 g/mol. The first kappa shape index (κ1) is 20.0. The highest BCUT2D eigenvalue weighted by Gasteiger charge is 2.46. The molecule has 4 atom stereocenters. The van der Waals surface area contributed by atoms with E-state index >= 15 is 0 Å². The molecule has 2 aliphatic heterocycles. The molecular weight excluding hydrogens is 384 g/mol. The summed E-state index contributed by atoms with van der Waals surface area (Å²) in [5.41, 5.74) is 0. The highest BCUT2D eigenvalue weighted by atomic mass is 35.5. The first-order valence-corrected chi connectivity index (χ1v) is 10.3. The minimum Gasteiger partial charge on any atom is -0.394 e. The van der Waals surface area contributed by atoms with Crippen molar-refractivity contribution in [2.45, 2.75) is 29.2 Å². The fourth-order valence-electron chi connectivity index (χ4n) is 3.36. The molecule has 1 aromatic carbocycles. The standard InChI is InChI=1S/C16H23ClN2O6S/c17-11-1-3-12(4-2-11)26(22,23)18-9-13-15(16(21)14(10-20)25-13)19-5-7-24-8-6-19/h1-4,13-16,18,20-21H,5-10H2. The van der Waals surface area contributed by atoms with Crippen LogP contribution in [-0.4, -0.2) is 87.3 Å². The molecule has 26 heavy (non-hydrogen) atoms. The Morgan fingerprint density at radius 2 is 1.85 bits per heavy atom. The Bertz CT molecular complexity index is 695. The quantitative estimate of drug-likeness (QED) is 0.581. The van der Waals surface area contributed by atoms with Gasteiger partial charge in [0.15, 0.2) is 0 Å². The zero-order valence-electron chi connectivity index (χ0n) is 14.1. The zero-order chi connectivity index (χ0) is 18.7. The zero-order valence-corrected chi connectivity index (χ0v) is 15.7. The minimum atomic E-state index is -3.74. The predicted octanol–water partition coefficient (Wildman–Crippen LogP) is -0.560. The monoisotopic (exact) mass is 406 g/mol. The lowest BCUT2D eigenvalue weighted by Gasteiger charge is -2.36. The number of hydrogen-bond acceptors (Lipinski definition) is 7. The van der Waals surface area contributed by atoms with Crippen LogP contribution in [0.15, 0.2) is 29.2 Å². The fourth-order valence-corrected chi connectivity index (χ4v) is 4.53. The second-order valence-electron chi connectivity index (χ2n) is 6.33. The van der Waals surface area contributed by atoms with Crippen molar-refractivity contribution >= 4 is 21.6 Å². The van der Waals surface area contributed by atoms with Gasteiger partial charge in [-0.25, -0.2) is 13.1 Å². The van der Waals surface area contributed by atoms with E-state index < -0.39 is 34.4 Å². The SMILES string of the molecule is O=S(=O)(NCC1OC(CO)C(O)C1N1CCOCC1)c1ccc(Cl)cc1. The van der Waals surface area contributed by atoms with Crippen LogP contribution in [0.3, 0.4) is 0 Å². The number of benzene rings is 1. The second kappa shape index (κ2) is 8.49. The fraction of sp³-hybridized carbons (Fsp3) is 0.625. The van der Waals surface area contributed by atoms with Crippen molar-refractivity contribution in [2.24, 2.45) is 0 Å². The van der Waals surface area contributed by atoms with E-state index in [2.05, 4.69) is 4.72 Å². The summed E-state index contributed by atoms with van der Waals surface area (Å²) >= 11 is 5.79. The number of aliphatic hydroxyl groups excluding tert-OH is 2. The van der Waals surface area contributed by atoms with Gasteiger partial charge in [0.1, 0.15) is 12.2 Å². The number of halogens is 1. The maximum absolute atomic E-state index is 12.5. The summed E-state index contributed by atoms with van der Waals surface area (Å²) in [6, 6.07) is 5.44. The summed E-state index contributed by atoms with van der Waals surface area (Å²) in [4.78, 5) is 2.12. The van der Waals surface area contributed by atoms with E-state index in [0.717, 1.165) is 0 Å². The van der Waals surface area contributed by atoms with Gasteiger partial charge in [0, 0.05) is 24.7 Å². The number of sulfonamides is 1. The molecule has 2 heterocycles. The first-order chi connectivity index (χ1) is 12.4. The topological polar surface area (TPSA) is 108 Å². The molecule has 4 unspecified atom stereocenters. The molecule has 2 saturated heterocycles. The third kappa shape index (κ3) is 4.37. The van der Waals surface area contributed by atoms with Crippen LogP contribution < -0.4 is 4.72 Å². The van der Waals surface area contributed by atoms with E-state index in [-0.39, 0.29) is 18.0 Å². The van der Waals surface area contributed by atoms with Crippen LogP contribution in [-0.2, 0) is 19.5 Å². The Balaban J connectivity index is 1.70. The summed E-state index contributed by atoms with van der Waals surface area (Å²) in [5, 5.41) is 20.4. The number of rotatable bonds is 6. The van der Waals surface area contributed by atoms with Crippen molar-refractivity contribution < 1.29 is 28.1 Å². The van der Waals surface area contributed by atoms with E-state index in [9.17, 15) is 18.6 Å². The molecule has 2 fully saturated rings. The molecule has 2 aliphatic rings. The van der Waals surface area contributed by atoms with Crippen molar-refractivity contribution in [3.8, 4) is 0 Å². The molecule has 146 valence electrons. The van der Waals surface area contributed by atoms with Crippen molar-refractivity contribution in [2.75, 3.05) is 39.5 Å². The Hall–Kier alpha value is -0.780. The lowest BCUT2D eigenvalue weighted by Crippen LogP contribution is -2.54. The molecule has 0 aliphatic carbocycles. The van der Waals surface area contributed by atoms with E-state index in [4.69, 9.17) is 21.1 Å². The molecular formula is C16H23ClN2O6S. The lowest BCUT2D eigenvalue weighted by molar-refractivity contribution is -0.0207. The van der Waals surface area contributed by atoms with Crippen LogP contribution in [0.4, 0.5) is 0 Å². The molecule has 0 amide bonds. The van der Waals surface area contributed by atoms with Crippen molar-refractivity contribution in [1.82, 2.24) is 9.62 Å². The summed E-state index contributed by atoms with van der Waals surface area (Å²) in [6.07, 6.45) is -2.22. The maximum atomic E-state index is 12.5. The number of aliphatic hydroxyl groups is 2. The van der Waals surface area contributed by atoms with Crippen LogP contribution in [0.1, 0.15) is 0 Å². The van der Waals surface area contributed by atoms with Crippen LogP contribution in [0.25, 0.3) is 0 Å². The first-order valence-electron chi connectivity index (χ1n) is 8.44. The molecule has 0 aromatic heterocycles. The summed E-state index contributed by atoms with van der Waals surface area (Å²) in [6.45, 7) is 1.96. The van der Waals surface area contributed by atoms with E-state index in [1.807, 2.05) is 4.90 Å². The van der Waals surface area contributed by atoms with E-state index in [1.165, 1.54) is 24.3 Å². The van der Waals surface area contributed by atoms with Crippen LogP contribution in [0.2, 0.25) is 5.02 Å². The van der Waals surface area contributed by atoms with Gasteiger partial charge in [0.05, 0.1) is 36.9 Å². The number of ether oxygens (including phenoxy) is 2. The van der Waals surface area contributed by atoms with Gasteiger partial charge in [-0.15, -0.1) is 0 Å². The average Bonchev–Trinajstić information content (AvgIpc) is 2.97. The summed E-state index contributed by atoms with van der Waals surface area (Å²) in [7, 11) is -3.74. The molecule has 0 spiro atoms. The third-order valence-corrected chi connectivity index (χ3v) is 6.40. The third-order valence-electron chi connectivity index (χ3n) is 4.71. The largest absolute Gasteiger partial charge is 0.394 e. The molecule has 0 saturated carbocycles. The van der Waals surface area contributed by atoms with Gasteiger partial charge in [-0.3, -0.25) is 4.90 Å². The predicted molar refractivity (Wildman–Crippen MR) is 94.6 cm³/mol. The Labute approximate surface area is 157 Å². The van der Waals surface area contributed by atoms with Gasteiger partial charge < -0.3 is 19.7 Å². The van der Waals surface area contributed by atoms with Gasteiger partial charge in [0.2, 0.25) is 10.0 Å². The molecule has 3 rings (SSSR count). The molecule has 0 bridgehead atoms. The Kier molecular flexibility index (Phi) is 6.52. The van der Waals surface area contributed by atoms with Crippen molar-refractivity contribution in [1.29, 1.82) is 0 Å². The van der Waals surface area contributed by atoms with E-state index in [0.29, 0.717) is 31.3 Å². The smallest absolute Gasteiger partial charge is 0.240 e. The Morgan fingerprint density at radius 3 is 2.46 bits per heavy atom. The molecule has 3 N–H and O–H groups in total. The summed E-state index contributed by atoms with van der Waals surface area (Å²) < 4.78 is 38.5. The lowest BCUT2D eigenvalue weighted by atomic mass is 10.0. The molecule has 8 nitrogen and oxygen atoms in total. The normalized spacial score (nSPS) is 30.6. The van der Waals surface area contributed by atoms with Gasteiger partial charge in [-0.2, -0.15) is 0 Å². The highest BCUT2D eigenvalue weighted by molar-refractivity contribution is 7.89. The van der Waals surface area contributed by atoms with Crippen molar-refractivity contribution in [3.63, 3.8) is 0 Å². The maximum Gasteiger partial charge on any atom is 0.240 e. The van der Waals surface area contributed by atoms with Crippen LogP contribution in [0.5, 0.6) is 0 Å². The Morgan fingerprint density at radius 1 is 1.19 bits per heavy atom. The second-order valence-corrected chi connectivity index (χ2v) is 8.53. The number of hydrogen-bond donors (Lipinski definition) is 3. The van der Waals surface area contributed by atoms with Crippen LogP contribution in [0, 0.1) is 0 Å². The highest BCUT2D eigenvalue weighted by Crippen LogP contribution is 2.26. The molecule has 0 radical (unpaired) electrons. The van der Waals surface area contributed by atoms with Gasteiger partial charge >= 0.3 is 0 Å². The van der Waals surface area contributed by atoms with Crippen LogP contribution >= 0.6 is 11.6 Å². The van der Waals surface area contributed by atoms with E-state index in [1.54, 1.807) is 0 Å².